The Bertz CT molecular complexity index is 289. The minimum atomic E-state index is -0.254. The molecular formula is C20H39NO2. The van der Waals surface area contributed by atoms with Gasteiger partial charge in [0.15, 0.2) is 0 Å². The van der Waals surface area contributed by atoms with E-state index in [0.29, 0.717) is 6.42 Å². The molecule has 0 heterocycles. The van der Waals surface area contributed by atoms with E-state index < -0.39 is 0 Å². The largest absolute Gasteiger partial charge is 0.297 e. The molecule has 0 aliphatic heterocycles. The van der Waals surface area contributed by atoms with Crippen LogP contribution in [-0.2, 0) is 9.59 Å². The van der Waals surface area contributed by atoms with Crippen LogP contribution >= 0.6 is 0 Å². The van der Waals surface area contributed by atoms with Crippen LogP contribution in [0.1, 0.15) is 117 Å². The fraction of sp³-hybridized carbons (Fsp3) is 0.900. The third-order valence-corrected chi connectivity index (χ3v) is 4.32. The van der Waals surface area contributed by atoms with Gasteiger partial charge in [-0.3, -0.25) is 14.9 Å². The molecule has 1 N–H and O–H groups in total. The van der Waals surface area contributed by atoms with E-state index in [-0.39, 0.29) is 11.8 Å². The molecule has 0 unspecified atom stereocenters. The summed E-state index contributed by atoms with van der Waals surface area (Å²) in [5.74, 6) is -0.386. The summed E-state index contributed by atoms with van der Waals surface area (Å²) in [4.78, 5) is 21.9. The number of hydrogen-bond donors (Lipinski definition) is 1. The third-order valence-electron chi connectivity index (χ3n) is 4.32. The molecule has 0 rings (SSSR count). The zero-order valence-corrected chi connectivity index (χ0v) is 15.6. The average Bonchev–Trinajstić information content (AvgIpc) is 2.50. The van der Waals surface area contributed by atoms with Crippen molar-refractivity contribution >= 4 is 11.8 Å². The second-order valence-corrected chi connectivity index (χ2v) is 6.80. The molecule has 0 spiro atoms. The Kier molecular flexibility index (Phi) is 16.8. The van der Waals surface area contributed by atoms with Crippen molar-refractivity contribution in [3.63, 3.8) is 0 Å². The van der Waals surface area contributed by atoms with Crippen LogP contribution in [0.15, 0.2) is 0 Å². The van der Waals surface area contributed by atoms with Gasteiger partial charge >= 0.3 is 0 Å². The molecule has 2 amide bonds. The topological polar surface area (TPSA) is 46.2 Å². The molecule has 3 heteroatoms. The highest BCUT2D eigenvalue weighted by Gasteiger charge is 2.02. The van der Waals surface area contributed by atoms with Crippen LogP contribution in [0.5, 0.6) is 0 Å². The minimum Gasteiger partial charge on any atom is -0.297 e. The second-order valence-electron chi connectivity index (χ2n) is 6.80. The van der Waals surface area contributed by atoms with Crippen LogP contribution in [0, 0.1) is 0 Å². The Morgan fingerprint density at radius 3 is 1.30 bits per heavy atom. The summed E-state index contributed by atoms with van der Waals surface area (Å²) in [6.45, 7) is 3.65. The standard InChI is InChI=1S/C20H39NO2/c1-3-4-5-6-7-8-9-10-11-12-13-14-15-16-17-18-20(23)21-19(2)22/h3-18H2,1-2H3,(H,21,22,23). The summed E-state index contributed by atoms with van der Waals surface area (Å²) < 4.78 is 0. The molecular weight excluding hydrogens is 286 g/mol. The zero-order chi connectivity index (χ0) is 17.2. The average molecular weight is 326 g/mol. The van der Waals surface area contributed by atoms with Crippen molar-refractivity contribution < 1.29 is 9.59 Å². The maximum Gasteiger partial charge on any atom is 0.226 e. The Labute approximate surface area is 144 Å². The number of rotatable bonds is 16. The first kappa shape index (κ1) is 22.1. The molecule has 0 aliphatic carbocycles. The fourth-order valence-corrected chi connectivity index (χ4v) is 2.92. The number of nitrogens with one attached hydrogen (secondary N) is 1. The van der Waals surface area contributed by atoms with Crippen molar-refractivity contribution in [2.75, 3.05) is 0 Å². The smallest absolute Gasteiger partial charge is 0.226 e. The van der Waals surface area contributed by atoms with Crippen LogP contribution in [0.25, 0.3) is 0 Å². The molecule has 0 aromatic heterocycles. The predicted molar refractivity (Wildman–Crippen MR) is 98.4 cm³/mol. The first-order valence-electron chi connectivity index (χ1n) is 9.97. The van der Waals surface area contributed by atoms with E-state index in [2.05, 4.69) is 12.2 Å². The van der Waals surface area contributed by atoms with E-state index in [9.17, 15) is 9.59 Å². The van der Waals surface area contributed by atoms with Crippen LogP contribution in [0.4, 0.5) is 0 Å². The van der Waals surface area contributed by atoms with Crippen molar-refractivity contribution in [3.05, 3.63) is 0 Å². The zero-order valence-electron chi connectivity index (χ0n) is 15.6. The number of carbonyl (C=O) groups excluding carboxylic acids is 2. The van der Waals surface area contributed by atoms with Gasteiger partial charge in [-0.25, -0.2) is 0 Å². The summed E-state index contributed by atoms with van der Waals surface area (Å²) in [6, 6.07) is 0. The molecule has 0 saturated carbocycles. The van der Waals surface area contributed by atoms with Gasteiger partial charge in [0, 0.05) is 13.3 Å². The predicted octanol–water partition coefficient (Wildman–Crippen LogP) is 5.91. The molecule has 0 aromatic carbocycles. The van der Waals surface area contributed by atoms with Gasteiger partial charge < -0.3 is 0 Å². The van der Waals surface area contributed by atoms with Gasteiger partial charge in [0.25, 0.3) is 0 Å². The first-order chi connectivity index (χ1) is 11.2. The van der Waals surface area contributed by atoms with Crippen molar-refractivity contribution in [2.45, 2.75) is 117 Å². The summed E-state index contributed by atoms with van der Waals surface area (Å²) in [5.41, 5.74) is 0. The normalized spacial score (nSPS) is 10.7. The Balaban J connectivity index is 3.08. The Morgan fingerprint density at radius 2 is 0.957 bits per heavy atom. The molecule has 0 aliphatic rings. The van der Waals surface area contributed by atoms with Gasteiger partial charge in [0.1, 0.15) is 0 Å². The maximum atomic E-state index is 11.3. The van der Waals surface area contributed by atoms with E-state index in [1.807, 2.05) is 0 Å². The van der Waals surface area contributed by atoms with Gasteiger partial charge in [-0.2, -0.15) is 0 Å². The lowest BCUT2D eigenvalue weighted by atomic mass is 10.0. The SMILES string of the molecule is CCCCCCCCCCCCCCCCCC(=O)NC(C)=O. The van der Waals surface area contributed by atoms with E-state index in [4.69, 9.17) is 0 Å². The van der Waals surface area contributed by atoms with Crippen LogP contribution in [-0.4, -0.2) is 11.8 Å². The van der Waals surface area contributed by atoms with Crippen molar-refractivity contribution in [3.8, 4) is 0 Å². The highest BCUT2D eigenvalue weighted by atomic mass is 16.2. The van der Waals surface area contributed by atoms with E-state index in [1.165, 1.54) is 90.4 Å². The molecule has 0 bridgehead atoms. The van der Waals surface area contributed by atoms with Crippen LogP contribution in [0.3, 0.4) is 0 Å². The number of imide groups is 1. The van der Waals surface area contributed by atoms with Gasteiger partial charge in [-0.05, 0) is 6.42 Å². The van der Waals surface area contributed by atoms with E-state index >= 15 is 0 Å². The third kappa shape index (κ3) is 19.1. The van der Waals surface area contributed by atoms with E-state index in [0.717, 1.165) is 12.8 Å². The molecule has 0 aromatic rings. The Hall–Kier alpha value is -0.860. The molecule has 3 nitrogen and oxygen atoms in total. The van der Waals surface area contributed by atoms with Crippen molar-refractivity contribution in [1.29, 1.82) is 0 Å². The van der Waals surface area contributed by atoms with Crippen LogP contribution < -0.4 is 5.32 Å². The quantitative estimate of drug-likeness (QED) is 0.358. The van der Waals surface area contributed by atoms with Gasteiger partial charge in [-0.1, -0.05) is 96.8 Å². The highest BCUT2D eigenvalue weighted by Crippen LogP contribution is 2.13. The summed E-state index contributed by atoms with van der Waals surface area (Å²) in [6.07, 6.45) is 20.3. The molecule has 23 heavy (non-hydrogen) atoms. The Morgan fingerprint density at radius 1 is 0.609 bits per heavy atom. The number of carbonyl (C=O) groups is 2. The molecule has 0 fully saturated rings. The minimum absolute atomic E-state index is 0.132. The number of hydrogen-bond acceptors (Lipinski definition) is 2. The fourth-order valence-electron chi connectivity index (χ4n) is 2.92. The lowest BCUT2D eigenvalue weighted by molar-refractivity contribution is -0.129. The van der Waals surface area contributed by atoms with Gasteiger partial charge in [0.2, 0.25) is 11.8 Å². The van der Waals surface area contributed by atoms with Crippen molar-refractivity contribution in [1.82, 2.24) is 5.32 Å². The van der Waals surface area contributed by atoms with Crippen molar-refractivity contribution in [2.24, 2.45) is 0 Å². The molecule has 0 radical (unpaired) electrons. The van der Waals surface area contributed by atoms with E-state index in [1.54, 1.807) is 0 Å². The maximum absolute atomic E-state index is 11.3. The lowest BCUT2D eigenvalue weighted by Crippen LogP contribution is -2.27. The summed E-state index contributed by atoms with van der Waals surface area (Å²) >= 11 is 0. The second kappa shape index (κ2) is 17.5. The summed E-state index contributed by atoms with van der Waals surface area (Å²) in [7, 11) is 0. The number of amides is 2. The molecule has 136 valence electrons. The molecule has 0 atom stereocenters. The van der Waals surface area contributed by atoms with Gasteiger partial charge in [0.05, 0.1) is 0 Å². The monoisotopic (exact) mass is 325 g/mol. The first-order valence-corrected chi connectivity index (χ1v) is 9.97. The highest BCUT2D eigenvalue weighted by molar-refractivity contribution is 5.93. The van der Waals surface area contributed by atoms with Crippen LogP contribution in [0.2, 0.25) is 0 Å². The summed E-state index contributed by atoms with van der Waals surface area (Å²) in [5, 5.41) is 2.31. The molecule has 0 saturated heterocycles. The lowest BCUT2D eigenvalue weighted by Gasteiger charge is -2.03. The van der Waals surface area contributed by atoms with Gasteiger partial charge in [-0.15, -0.1) is 0 Å². The number of unbranched alkanes of at least 4 members (excludes halogenated alkanes) is 14.